The highest BCUT2D eigenvalue weighted by molar-refractivity contribution is 5.98. The Morgan fingerprint density at radius 3 is 2.57 bits per heavy atom. The van der Waals surface area contributed by atoms with Gasteiger partial charge in [-0.1, -0.05) is 19.8 Å². The van der Waals surface area contributed by atoms with Crippen molar-refractivity contribution >= 4 is 11.8 Å². The predicted octanol–water partition coefficient (Wildman–Crippen LogP) is 1.62. The van der Waals surface area contributed by atoms with Gasteiger partial charge >= 0.3 is 0 Å². The van der Waals surface area contributed by atoms with Crippen molar-refractivity contribution < 1.29 is 9.59 Å². The van der Waals surface area contributed by atoms with Gasteiger partial charge in [-0.3, -0.25) is 14.9 Å². The van der Waals surface area contributed by atoms with Crippen LogP contribution in [0.4, 0.5) is 0 Å². The van der Waals surface area contributed by atoms with Crippen LogP contribution in [0.3, 0.4) is 0 Å². The molecule has 0 aromatic rings. The first-order chi connectivity index (χ1) is 6.66. The fourth-order valence-corrected chi connectivity index (χ4v) is 3.26. The van der Waals surface area contributed by atoms with Gasteiger partial charge in [-0.2, -0.15) is 0 Å². The summed E-state index contributed by atoms with van der Waals surface area (Å²) in [4.78, 5) is 22.7. The Morgan fingerprint density at radius 2 is 2.00 bits per heavy atom. The molecule has 1 atom stereocenters. The number of piperidine rings is 1. The minimum absolute atomic E-state index is 0.0220. The first kappa shape index (κ1) is 9.69. The summed E-state index contributed by atoms with van der Waals surface area (Å²) in [5.41, 5.74) is 0.0220. The Bertz CT molecular complexity index is 256. The van der Waals surface area contributed by atoms with Crippen LogP contribution in [-0.4, -0.2) is 11.8 Å². The van der Waals surface area contributed by atoms with E-state index in [9.17, 15) is 9.59 Å². The van der Waals surface area contributed by atoms with E-state index in [-0.39, 0.29) is 17.2 Å². The van der Waals surface area contributed by atoms with Gasteiger partial charge in [0.25, 0.3) is 0 Å². The predicted molar refractivity (Wildman–Crippen MR) is 52.4 cm³/mol. The highest BCUT2D eigenvalue weighted by atomic mass is 16.2. The maximum absolute atomic E-state index is 11.4. The Morgan fingerprint density at radius 1 is 1.36 bits per heavy atom. The summed E-state index contributed by atoms with van der Waals surface area (Å²) in [6.07, 6.45) is 5.66. The average molecular weight is 195 g/mol. The number of nitrogens with one attached hydrogen (secondary N) is 1. The molecule has 1 saturated carbocycles. The van der Waals surface area contributed by atoms with E-state index in [2.05, 4.69) is 12.2 Å². The lowest BCUT2D eigenvalue weighted by atomic mass is 9.69. The van der Waals surface area contributed by atoms with Crippen LogP contribution in [0.2, 0.25) is 0 Å². The van der Waals surface area contributed by atoms with Crippen molar-refractivity contribution in [1.82, 2.24) is 5.32 Å². The first-order valence-corrected chi connectivity index (χ1v) is 5.49. The van der Waals surface area contributed by atoms with Crippen LogP contribution in [0.25, 0.3) is 0 Å². The van der Waals surface area contributed by atoms with Crippen molar-refractivity contribution in [3.63, 3.8) is 0 Å². The highest BCUT2D eigenvalue weighted by Crippen LogP contribution is 2.51. The van der Waals surface area contributed by atoms with Gasteiger partial charge in [0.05, 0.1) is 0 Å². The van der Waals surface area contributed by atoms with Crippen LogP contribution in [0.5, 0.6) is 0 Å². The van der Waals surface area contributed by atoms with Gasteiger partial charge in [-0.25, -0.2) is 0 Å². The molecule has 2 aliphatic rings. The third kappa shape index (κ3) is 1.45. The monoisotopic (exact) mass is 195 g/mol. The minimum atomic E-state index is -0.0680. The van der Waals surface area contributed by atoms with E-state index in [1.54, 1.807) is 0 Å². The molecule has 1 aliphatic carbocycles. The molecule has 14 heavy (non-hydrogen) atoms. The summed E-state index contributed by atoms with van der Waals surface area (Å²) in [6, 6.07) is 0. The summed E-state index contributed by atoms with van der Waals surface area (Å²) < 4.78 is 0. The second-order valence-electron chi connectivity index (χ2n) is 4.68. The molecule has 1 N–H and O–H groups in total. The number of hydrogen-bond donors (Lipinski definition) is 1. The molecule has 2 fully saturated rings. The van der Waals surface area contributed by atoms with Gasteiger partial charge in [0.1, 0.15) is 0 Å². The summed E-state index contributed by atoms with van der Waals surface area (Å²) in [6.45, 7) is 2.16. The molecular formula is C11H17NO2. The van der Waals surface area contributed by atoms with E-state index in [1.165, 1.54) is 12.8 Å². The summed E-state index contributed by atoms with van der Waals surface area (Å²) in [5, 5.41) is 2.40. The lowest BCUT2D eigenvalue weighted by Gasteiger charge is -2.37. The molecule has 0 bridgehead atoms. The molecule has 0 aromatic heterocycles. The van der Waals surface area contributed by atoms with Crippen molar-refractivity contribution in [2.24, 2.45) is 11.3 Å². The van der Waals surface area contributed by atoms with Crippen LogP contribution in [0.15, 0.2) is 0 Å². The average Bonchev–Trinajstić information content (AvgIpc) is 2.45. The topological polar surface area (TPSA) is 46.2 Å². The molecule has 2 rings (SSSR count). The Labute approximate surface area is 84.2 Å². The molecule has 3 nitrogen and oxygen atoms in total. The molecule has 78 valence electrons. The molecule has 1 unspecified atom stereocenters. The number of carbonyl (C=O) groups excluding carboxylic acids is 2. The van der Waals surface area contributed by atoms with Crippen molar-refractivity contribution in [3.05, 3.63) is 0 Å². The van der Waals surface area contributed by atoms with Gasteiger partial charge < -0.3 is 0 Å². The van der Waals surface area contributed by atoms with Gasteiger partial charge in [0, 0.05) is 12.8 Å². The molecule has 0 radical (unpaired) electrons. The third-order valence-corrected chi connectivity index (χ3v) is 3.89. The van der Waals surface area contributed by atoms with E-state index in [0.29, 0.717) is 18.8 Å². The van der Waals surface area contributed by atoms with Gasteiger partial charge in [0.15, 0.2) is 0 Å². The summed E-state index contributed by atoms with van der Waals surface area (Å²) >= 11 is 0. The summed E-state index contributed by atoms with van der Waals surface area (Å²) in [5.74, 6) is 0.445. The molecule has 1 saturated heterocycles. The summed E-state index contributed by atoms with van der Waals surface area (Å²) in [7, 11) is 0. The molecular weight excluding hydrogens is 178 g/mol. The van der Waals surface area contributed by atoms with Crippen molar-refractivity contribution in [3.8, 4) is 0 Å². The third-order valence-electron chi connectivity index (χ3n) is 3.89. The lowest BCUT2D eigenvalue weighted by Crippen LogP contribution is -2.46. The lowest BCUT2D eigenvalue weighted by molar-refractivity contribution is -0.139. The molecule has 2 amide bonds. The molecule has 1 heterocycles. The van der Waals surface area contributed by atoms with E-state index in [0.717, 1.165) is 12.8 Å². The fourth-order valence-electron chi connectivity index (χ4n) is 3.26. The van der Waals surface area contributed by atoms with E-state index in [1.807, 2.05) is 0 Å². The Balaban J connectivity index is 2.20. The SMILES string of the molecule is CCC1CCCC12CC(=O)NC(=O)C2. The van der Waals surface area contributed by atoms with Crippen LogP contribution in [-0.2, 0) is 9.59 Å². The van der Waals surface area contributed by atoms with Crippen LogP contribution < -0.4 is 5.32 Å². The first-order valence-electron chi connectivity index (χ1n) is 5.49. The van der Waals surface area contributed by atoms with Crippen LogP contribution >= 0.6 is 0 Å². The maximum Gasteiger partial charge on any atom is 0.227 e. The van der Waals surface area contributed by atoms with Crippen molar-refractivity contribution in [1.29, 1.82) is 0 Å². The van der Waals surface area contributed by atoms with Gasteiger partial charge in [0.2, 0.25) is 11.8 Å². The highest BCUT2D eigenvalue weighted by Gasteiger charge is 2.47. The van der Waals surface area contributed by atoms with E-state index < -0.39 is 0 Å². The number of carbonyl (C=O) groups is 2. The van der Waals surface area contributed by atoms with Crippen LogP contribution in [0, 0.1) is 11.3 Å². The standard InChI is InChI=1S/C11H17NO2/c1-2-8-4-3-5-11(8)6-9(13)12-10(14)7-11/h8H,2-7H2,1H3,(H,12,13,14). The largest absolute Gasteiger partial charge is 0.296 e. The number of amides is 2. The maximum atomic E-state index is 11.4. The molecule has 3 heteroatoms. The smallest absolute Gasteiger partial charge is 0.227 e. The van der Waals surface area contributed by atoms with Crippen LogP contribution in [0.1, 0.15) is 45.4 Å². The molecule has 1 spiro atoms. The Kier molecular flexibility index (Phi) is 2.33. The van der Waals surface area contributed by atoms with Crippen molar-refractivity contribution in [2.75, 3.05) is 0 Å². The fraction of sp³-hybridized carbons (Fsp3) is 0.818. The van der Waals surface area contributed by atoms with Gasteiger partial charge in [-0.15, -0.1) is 0 Å². The van der Waals surface area contributed by atoms with Crippen molar-refractivity contribution in [2.45, 2.75) is 45.4 Å². The van der Waals surface area contributed by atoms with Gasteiger partial charge in [-0.05, 0) is 24.2 Å². The molecule has 0 aromatic carbocycles. The quantitative estimate of drug-likeness (QED) is 0.646. The Hall–Kier alpha value is -0.860. The van der Waals surface area contributed by atoms with E-state index in [4.69, 9.17) is 0 Å². The number of hydrogen-bond acceptors (Lipinski definition) is 2. The second kappa shape index (κ2) is 3.37. The second-order valence-corrected chi connectivity index (χ2v) is 4.68. The molecule has 1 aliphatic heterocycles. The number of imide groups is 1. The zero-order valence-corrected chi connectivity index (χ0v) is 8.64. The zero-order valence-electron chi connectivity index (χ0n) is 8.64. The number of rotatable bonds is 1. The normalized spacial score (nSPS) is 30.8. The van der Waals surface area contributed by atoms with E-state index >= 15 is 0 Å². The zero-order chi connectivity index (χ0) is 10.2. The minimum Gasteiger partial charge on any atom is -0.296 e.